The fraction of sp³-hybridized carbons (Fsp3) is 0.176. The van der Waals surface area contributed by atoms with Crippen molar-refractivity contribution in [1.82, 2.24) is 4.90 Å². The van der Waals surface area contributed by atoms with Crippen LogP contribution >= 0.6 is 11.3 Å². The Morgan fingerprint density at radius 2 is 1.75 bits per heavy atom. The van der Waals surface area contributed by atoms with Crippen molar-refractivity contribution in [1.29, 1.82) is 0 Å². The van der Waals surface area contributed by atoms with Crippen LogP contribution in [0.15, 0.2) is 53.9 Å². The van der Waals surface area contributed by atoms with Gasteiger partial charge in [0.25, 0.3) is 0 Å². The molecule has 1 aromatic heterocycles. The van der Waals surface area contributed by atoms with Crippen LogP contribution in [0.2, 0.25) is 0 Å². The minimum absolute atomic E-state index is 0.180. The highest BCUT2D eigenvalue weighted by Crippen LogP contribution is 2.26. The Kier molecular flexibility index (Phi) is 3.81. The third kappa shape index (κ3) is 2.89. The van der Waals surface area contributed by atoms with Gasteiger partial charge in [-0.25, -0.2) is 4.39 Å². The second kappa shape index (κ2) is 5.73. The van der Waals surface area contributed by atoms with Crippen LogP contribution in [0.5, 0.6) is 0 Å². The molecule has 20 heavy (non-hydrogen) atoms. The number of halogens is 1. The molecular formula is C17H16FNS. The summed E-state index contributed by atoms with van der Waals surface area (Å²) in [4.78, 5) is 2.25. The highest BCUT2D eigenvalue weighted by molar-refractivity contribution is 7.17. The summed E-state index contributed by atoms with van der Waals surface area (Å²) in [5, 5.41) is 3.56. The van der Waals surface area contributed by atoms with Crippen LogP contribution in [-0.2, 0) is 13.1 Å². The lowest BCUT2D eigenvalue weighted by molar-refractivity contribution is 0.320. The molecule has 0 aliphatic rings. The third-order valence-corrected chi connectivity index (χ3v) is 4.38. The summed E-state index contributed by atoms with van der Waals surface area (Å²) >= 11 is 1.79. The van der Waals surface area contributed by atoms with E-state index in [-0.39, 0.29) is 5.82 Å². The number of nitrogens with zero attached hydrogens (tertiary/aromatic N) is 1. The van der Waals surface area contributed by atoms with E-state index in [0.717, 1.165) is 18.7 Å². The Morgan fingerprint density at radius 3 is 2.55 bits per heavy atom. The van der Waals surface area contributed by atoms with Gasteiger partial charge in [0.05, 0.1) is 0 Å². The van der Waals surface area contributed by atoms with Crippen molar-refractivity contribution in [2.24, 2.45) is 0 Å². The summed E-state index contributed by atoms with van der Waals surface area (Å²) in [7, 11) is 2.09. The van der Waals surface area contributed by atoms with E-state index in [4.69, 9.17) is 0 Å². The molecule has 0 unspecified atom stereocenters. The van der Waals surface area contributed by atoms with Crippen LogP contribution < -0.4 is 0 Å². The van der Waals surface area contributed by atoms with Gasteiger partial charge in [0.2, 0.25) is 0 Å². The van der Waals surface area contributed by atoms with Crippen LogP contribution in [0.1, 0.15) is 11.1 Å². The maximum atomic E-state index is 12.9. The first-order valence-corrected chi connectivity index (χ1v) is 7.48. The topological polar surface area (TPSA) is 3.24 Å². The van der Waals surface area contributed by atoms with Gasteiger partial charge in [0.15, 0.2) is 0 Å². The van der Waals surface area contributed by atoms with Crippen molar-refractivity contribution < 1.29 is 4.39 Å². The van der Waals surface area contributed by atoms with Crippen LogP contribution in [0.25, 0.3) is 10.1 Å². The number of rotatable bonds is 4. The van der Waals surface area contributed by atoms with Gasteiger partial charge in [-0.05, 0) is 47.1 Å². The molecule has 0 aliphatic carbocycles. The van der Waals surface area contributed by atoms with Crippen molar-refractivity contribution in [3.8, 4) is 0 Å². The standard InChI is InChI=1S/C17H16FNS/c1-19(10-13-6-8-15(18)9-7-13)11-14-12-20-17-5-3-2-4-16(14)17/h2-9,12H,10-11H2,1H3. The quantitative estimate of drug-likeness (QED) is 0.673. The van der Waals surface area contributed by atoms with Crippen LogP contribution in [-0.4, -0.2) is 11.9 Å². The molecule has 102 valence electrons. The van der Waals surface area contributed by atoms with Gasteiger partial charge < -0.3 is 0 Å². The van der Waals surface area contributed by atoms with E-state index in [1.54, 1.807) is 11.3 Å². The minimum atomic E-state index is -0.180. The Balaban J connectivity index is 1.72. The van der Waals surface area contributed by atoms with E-state index >= 15 is 0 Å². The van der Waals surface area contributed by atoms with E-state index < -0.39 is 0 Å². The van der Waals surface area contributed by atoms with Crippen molar-refractivity contribution >= 4 is 21.4 Å². The average molecular weight is 285 g/mol. The Morgan fingerprint density at radius 1 is 1.00 bits per heavy atom. The van der Waals surface area contributed by atoms with Crippen LogP contribution in [0, 0.1) is 5.82 Å². The molecule has 2 aromatic carbocycles. The molecule has 0 aliphatic heterocycles. The van der Waals surface area contributed by atoms with Gasteiger partial charge >= 0.3 is 0 Å². The summed E-state index contributed by atoms with van der Waals surface area (Å²) in [5.74, 6) is -0.180. The molecule has 1 heterocycles. The van der Waals surface area contributed by atoms with Gasteiger partial charge in [0, 0.05) is 17.8 Å². The van der Waals surface area contributed by atoms with Crippen molar-refractivity contribution in [3.63, 3.8) is 0 Å². The van der Waals surface area contributed by atoms with E-state index in [0.29, 0.717) is 0 Å². The second-order valence-corrected chi connectivity index (χ2v) is 5.97. The zero-order chi connectivity index (χ0) is 13.9. The number of thiophene rings is 1. The number of benzene rings is 2. The van der Waals surface area contributed by atoms with Gasteiger partial charge in [-0.15, -0.1) is 11.3 Å². The molecule has 0 bridgehead atoms. The second-order valence-electron chi connectivity index (χ2n) is 5.06. The predicted octanol–water partition coefficient (Wildman–Crippen LogP) is 4.67. The molecule has 0 amide bonds. The van der Waals surface area contributed by atoms with Gasteiger partial charge in [0.1, 0.15) is 5.82 Å². The summed E-state index contributed by atoms with van der Waals surface area (Å²) in [6.45, 7) is 1.73. The number of fused-ring (bicyclic) bond motifs is 1. The molecule has 3 rings (SSSR count). The molecule has 1 nitrogen and oxygen atoms in total. The fourth-order valence-electron chi connectivity index (χ4n) is 2.40. The molecular weight excluding hydrogens is 269 g/mol. The number of hydrogen-bond donors (Lipinski definition) is 0. The zero-order valence-corrected chi connectivity index (χ0v) is 12.2. The fourth-order valence-corrected chi connectivity index (χ4v) is 3.36. The molecule has 0 radical (unpaired) electrons. The van der Waals surface area contributed by atoms with E-state index in [9.17, 15) is 4.39 Å². The molecule has 0 atom stereocenters. The highest BCUT2D eigenvalue weighted by Gasteiger charge is 2.07. The summed E-state index contributed by atoms with van der Waals surface area (Å²) < 4.78 is 14.2. The molecule has 0 saturated carbocycles. The Hall–Kier alpha value is -1.71. The largest absolute Gasteiger partial charge is 0.298 e. The normalized spacial score (nSPS) is 11.3. The first-order valence-electron chi connectivity index (χ1n) is 6.60. The smallest absolute Gasteiger partial charge is 0.123 e. The SMILES string of the molecule is CN(Cc1ccc(F)cc1)Cc1csc2ccccc12. The molecule has 0 fully saturated rings. The maximum Gasteiger partial charge on any atom is 0.123 e. The summed E-state index contributed by atoms with van der Waals surface area (Å²) in [5.41, 5.74) is 2.49. The maximum absolute atomic E-state index is 12.9. The lowest BCUT2D eigenvalue weighted by atomic mass is 10.1. The Labute approximate surface area is 122 Å². The highest BCUT2D eigenvalue weighted by atomic mass is 32.1. The summed E-state index contributed by atoms with van der Waals surface area (Å²) in [6, 6.07) is 15.2. The predicted molar refractivity (Wildman–Crippen MR) is 83.4 cm³/mol. The van der Waals surface area contributed by atoms with E-state index in [1.165, 1.54) is 27.8 Å². The summed E-state index contributed by atoms with van der Waals surface area (Å²) in [6.07, 6.45) is 0. The third-order valence-electron chi connectivity index (χ3n) is 3.37. The monoisotopic (exact) mass is 285 g/mol. The van der Waals surface area contributed by atoms with Crippen molar-refractivity contribution in [2.75, 3.05) is 7.05 Å². The minimum Gasteiger partial charge on any atom is -0.298 e. The Bertz CT molecular complexity index is 702. The molecule has 0 spiro atoms. The van der Waals surface area contributed by atoms with Crippen molar-refractivity contribution in [2.45, 2.75) is 13.1 Å². The average Bonchev–Trinajstić information content (AvgIpc) is 2.85. The van der Waals surface area contributed by atoms with E-state index in [1.807, 2.05) is 12.1 Å². The zero-order valence-electron chi connectivity index (χ0n) is 11.3. The molecule has 3 aromatic rings. The lowest BCUT2D eigenvalue weighted by Crippen LogP contribution is -2.16. The number of hydrogen-bond acceptors (Lipinski definition) is 2. The first kappa shape index (κ1) is 13.3. The lowest BCUT2D eigenvalue weighted by Gasteiger charge is -2.16. The molecule has 0 N–H and O–H groups in total. The molecule has 3 heteroatoms. The van der Waals surface area contributed by atoms with Gasteiger partial charge in [-0.3, -0.25) is 4.90 Å². The van der Waals surface area contributed by atoms with Gasteiger partial charge in [-0.2, -0.15) is 0 Å². The van der Waals surface area contributed by atoms with Crippen LogP contribution in [0.3, 0.4) is 0 Å². The van der Waals surface area contributed by atoms with E-state index in [2.05, 4.69) is 41.6 Å². The van der Waals surface area contributed by atoms with Gasteiger partial charge in [-0.1, -0.05) is 30.3 Å². The van der Waals surface area contributed by atoms with Crippen LogP contribution in [0.4, 0.5) is 4.39 Å². The first-order chi connectivity index (χ1) is 9.72. The van der Waals surface area contributed by atoms with Crippen molar-refractivity contribution in [3.05, 3.63) is 70.9 Å². The molecule has 0 saturated heterocycles.